The molecule has 0 bridgehead atoms. The highest BCUT2D eigenvalue weighted by Crippen LogP contribution is 2.27. The summed E-state index contributed by atoms with van der Waals surface area (Å²) in [5.41, 5.74) is 0.803. The lowest BCUT2D eigenvalue weighted by molar-refractivity contribution is 0.0564. The number of nitrogens with zero attached hydrogens (tertiary/aromatic N) is 3. The van der Waals surface area contributed by atoms with Crippen LogP contribution in [0.3, 0.4) is 0 Å². The summed E-state index contributed by atoms with van der Waals surface area (Å²) >= 11 is 0. The van der Waals surface area contributed by atoms with Crippen LogP contribution in [0.15, 0.2) is 48.8 Å². The van der Waals surface area contributed by atoms with Crippen LogP contribution < -0.4 is 15.4 Å². The number of fused-ring (bicyclic) bond motifs is 1. The Bertz CT molecular complexity index is 1120. The van der Waals surface area contributed by atoms with Gasteiger partial charge in [0.1, 0.15) is 17.3 Å². The van der Waals surface area contributed by atoms with Crippen molar-refractivity contribution in [1.82, 2.24) is 19.8 Å². The van der Waals surface area contributed by atoms with Crippen molar-refractivity contribution >= 4 is 28.8 Å². The zero-order chi connectivity index (χ0) is 23.2. The van der Waals surface area contributed by atoms with Gasteiger partial charge in [0.2, 0.25) is 0 Å². The van der Waals surface area contributed by atoms with Gasteiger partial charge in [-0.05, 0) is 42.7 Å². The standard InChI is InChI=1S/C24H29N5O4/c1-17(2)5-8-26-23(30)29-10-7-18-15-19(3-4-21(18)29)33-20-6-9-25-22(16-20)27-24(31)28-11-13-32-14-12-28/h3-4,6-7,9-10,15-17H,5,8,11-14H2,1-2H3,(H,26,30)(H,25,27,31). The topological polar surface area (TPSA) is 97.7 Å². The van der Waals surface area contributed by atoms with Crippen LogP contribution in [-0.2, 0) is 4.74 Å². The number of carbonyl (C=O) groups excluding carboxylic acids is 2. The first-order valence-corrected chi connectivity index (χ1v) is 11.2. The van der Waals surface area contributed by atoms with E-state index in [-0.39, 0.29) is 12.1 Å². The third kappa shape index (κ3) is 5.81. The minimum atomic E-state index is -0.211. The Morgan fingerprint density at radius 1 is 1.09 bits per heavy atom. The molecule has 1 aromatic carbocycles. The summed E-state index contributed by atoms with van der Waals surface area (Å²) in [6.45, 7) is 7.07. The van der Waals surface area contributed by atoms with E-state index in [2.05, 4.69) is 29.5 Å². The normalized spacial score (nSPS) is 13.8. The monoisotopic (exact) mass is 451 g/mol. The maximum absolute atomic E-state index is 12.5. The minimum absolute atomic E-state index is 0.144. The number of pyridine rings is 1. The number of amides is 3. The van der Waals surface area contributed by atoms with E-state index in [1.807, 2.05) is 24.3 Å². The second-order valence-corrected chi connectivity index (χ2v) is 8.33. The number of ether oxygens (including phenoxy) is 2. The molecule has 2 N–H and O–H groups in total. The Balaban J connectivity index is 1.41. The van der Waals surface area contributed by atoms with Gasteiger partial charge in [-0.1, -0.05) is 13.8 Å². The van der Waals surface area contributed by atoms with E-state index in [1.165, 1.54) is 0 Å². The van der Waals surface area contributed by atoms with Crippen LogP contribution in [0.2, 0.25) is 0 Å². The second kappa shape index (κ2) is 10.4. The Morgan fingerprint density at radius 3 is 2.67 bits per heavy atom. The van der Waals surface area contributed by atoms with Crippen LogP contribution in [-0.4, -0.2) is 59.4 Å². The lowest BCUT2D eigenvalue weighted by atomic mass is 10.1. The van der Waals surface area contributed by atoms with Crippen LogP contribution >= 0.6 is 0 Å². The van der Waals surface area contributed by atoms with Crippen molar-refractivity contribution in [3.8, 4) is 11.5 Å². The van der Waals surface area contributed by atoms with E-state index in [0.29, 0.717) is 56.1 Å². The van der Waals surface area contributed by atoms with Crippen molar-refractivity contribution in [3.05, 3.63) is 48.8 Å². The molecule has 1 fully saturated rings. The van der Waals surface area contributed by atoms with Crippen molar-refractivity contribution in [2.75, 3.05) is 38.2 Å². The van der Waals surface area contributed by atoms with Gasteiger partial charge in [0.15, 0.2) is 0 Å². The van der Waals surface area contributed by atoms with E-state index in [9.17, 15) is 9.59 Å². The zero-order valence-electron chi connectivity index (χ0n) is 18.9. The van der Waals surface area contributed by atoms with Gasteiger partial charge in [-0.2, -0.15) is 0 Å². The molecule has 4 rings (SSSR count). The molecule has 0 radical (unpaired) electrons. The molecule has 174 valence electrons. The van der Waals surface area contributed by atoms with Gasteiger partial charge >= 0.3 is 12.1 Å². The largest absolute Gasteiger partial charge is 0.457 e. The van der Waals surface area contributed by atoms with E-state index in [0.717, 1.165) is 17.3 Å². The summed E-state index contributed by atoms with van der Waals surface area (Å²) in [4.78, 5) is 30.8. The number of anilines is 1. The molecule has 3 amide bonds. The quantitative estimate of drug-likeness (QED) is 0.582. The molecule has 0 saturated carbocycles. The summed E-state index contributed by atoms with van der Waals surface area (Å²) in [6.07, 6.45) is 4.27. The molecule has 0 unspecified atom stereocenters. The van der Waals surface area contributed by atoms with E-state index >= 15 is 0 Å². The highest BCUT2D eigenvalue weighted by molar-refractivity contribution is 5.92. The molecule has 1 saturated heterocycles. The molecule has 0 atom stereocenters. The highest BCUT2D eigenvalue weighted by atomic mass is 16.5. The molecular formula is C24H29N5O4. The van der Waals surface area contributed by atoms with Crippen molar-refractivity contribution in [2.24, 2.45) is 5.92 Å². The Hall–Kier alpha value is -3.59. The number of benzene rings is 1. The Kier molecular flexibility index (Phi) is 7.09. The SMILES string of the molecule is CC(C)CCNC(=O)n1ccc2cc(Oc3ccnc(NC(=O)N4CCOCC4)c3)ccc21. The van der Waals surface area contributed by atoms with Crippen LogP contribution in [0.1, 0.15) is 20.3 Å². The van der Waals surface area contributed by atoms with Gasteiger partial charge in [-0.3, -0.25) is 9.88 Å². The van der Waals surface area contributed by atoms with Crippen LogP contribution in [0.25, 0.3) is 10.9 Å². The third-order valence-corrected chi connectivity index (χ3v) is 5.38. The molecule has 3 aromatic rings. The number of hydrogen-bond donors (Lipinski definition) is 2. The van der Waals surface area contributed by atoms with Crippen LogP contribution in [0.4, 0.5) is 15.4 Å². The van der Waals surface area contributed by atoms with E-state index < -0.39 is 0 Å². The van der Waals surface area contributed by atoms with Crippen LogP contribution in [0, 0.1) is 5.92 Å². The fourth-order valence-electron chi connectivity index (χ4n) is 3.55. The number of nitrogens with one attached hydrogen (secondary N) is 2. The molecule has 9 heteroatoms. The summed E-state index contributed by atoms with van der Waals surface area (Å²) < 4.78 is 12.9. The molecule has 1 aliphatic heterocycles. The van der Waals surface area contributed by atoms with Gasteiger partial charge in [0.05, 0.1) is 18.7 Å². The smallest absolute Gasteiger partial charge is 0.326 e. The van der Waals surface area contributed by atoms with Gasteiger partial charge in [-0.25, -0.2) is 14.6 Å². The fourth-order valence-corrected chi connectivity index (χ4v) is 3.55. The number of hydrogen-bond acceptors (Lipinski definition) is 5. The molecule has 1 aliphatic rings. The average Bonchev–Trinajstić information content (AvgIpc) is 3.23. The lowest BCUT2D eigenvalue weighted by Gasteiger charge is -2.26. The van der Waals surface area contributed by atoms with Crippen molar-refractivity contribution in [1.29, 1.82) is 0 Å². The number of aromatic nitrogens is 2. The summed E-state index contributed by atoms with van der Waals surface area (Å²) in [5.74, 6) is 2.12. The molecule has 9 nitrogen and oxygen atoms in total. The molecule has 3 heterocycles. The maximum atomic E-state index is 12.5. The van der Waals surface area contributed by atoms with Gasteiger partial charge in [0, 0.05) is 43.5 Å². The molecule has 0 aliphatic carbocycles. The average molecular weight is 452 g/mol. The van der Waals surface area contributed by atoms with Crippen molar-refractivity contribution < 1.29 is 19.1 Å². The molecule has 0 spiro atoms. The minimum Gasteiger partial charge on any atom is -0.457 e. The van der Waals surface area contributed by atoms with E-state index in [4.69, 9.17) is 9.47 Å². The van der Waals surface area contributed by atoms with Crippen molar-refractivity contribution in [3.63, 3.8) is 0 Å². The first kappa shape index (κ1) is 22.6. The van der Waals surface area contributed by atoms with Crippen LogP contribution in [0.5, 0.6) is 11.5 Å². The number of morpholine rings is 1. The Morgan fingerprint density at radius 2 is 1.88 bits per heavy atom. The first-order chi connectivity index (χ1) is 16.0. The van der Waals surface area contributed by atoms with Crippen molar-refractivity contribution in [2.45, 2.75) is 20.3 Å². The third-order valence-electron chi connectivity index (χ3n) is 5.38. The van der Waals surface area contributed by atoms with Gasteiger partial charge in [-0.15, -0.1) is 0 Å². The summed E-state index contributed by atoms with van der Waals surface area (Å²) in [7, 11) is 0. The summed E-state index contributed by atoms with van der Waals surface area (Å²) in [6, 6.07) is 10.5. The number of rotatable bonds is 6. The second-order valence-electron chi connectivity index (χ2n) is 8.33. The predicted octanol–water partition coefficient (Wildman–Crippen LogP) is 4.30. The maximum Gasteiger partial charge on any atom is 0.326 e. The summed E-state index contributed by atoms with van der Waals surface area (Å²) in [5, 5.41) is 6.64. The molecule has 33 heavy (non-hydrogen) atoms. The number of carbonyl (C=O) groups is 2. The predicted molar refractivity (Wildman–Crippen MR) is 126 cm³/mol. The molecule has 2 aromatic heterocycles. The first-order valence-electron chi connectivity index (χ1n) is 11.2. The van der Waals surface area contributed by atoms with Gasteiger partial charge in [0.25, 0.3) is 0 Å². The fraction of sp³-hybridized carbons (Fsp3) is 0.375. The van der Waals surface area contributed by atoms with E-state index in [1.54, 1.807) is 34.0 Å². The Labute approximate surface area is 192 Å². The number of urea groups is 1. The molecular weight excluding hydrogens is 422 g/mol. The van der Waals surface area contributed by atoms with Gasteiger partial charge < -0.3 is 19.7 Å². The lowest BCUT2D eigenvalue weighted by Crippen LogP contribution is -2.43. The zero-order valence-corrected chi connectivity index (χ0v) is 18.9. The highest BCUT2D eigenvalue weighted by Gasteiger charge is 2.17.